The smallest absolute Gasteiger partial charge is 0.326 e. The van der Waals surface area contributed by atoms with E-state index < -0.39 is 24.0 Å². The molecule has 1 saturated heterocycles. The van der Waals surface area contributed by atoms with Crippen LogP contribution in [0.2, 0.25) is 0 Å². The molecule has 0 unspecified atom stereocenters. The number of carbonyl (C=O) groups excluding carboxylic acids is 2. The van der Waals surface area contributed by atoms with Crippen LogP contribution >= 0.6 is 0 Å². The summed E-state index contributed by atoms with van der Waals surface area (Å²) >= 11 is 0. The van der Waals surface area contributed by atoms with Gasteiger partial charge in [-0.05, 0) is 12.8 Å². The molecule has 126 valence electrons. The minimum Gasteiger partial charge on any atom is -0.480 e. The average Bonchev–Trinajstić information content (AvgIpc) is 2.92. The Labute approximate surface area is 134 Å². The van der Waals surface area contributed by atoms with Crippen LogP contribution in [0.5, 0.6) is 0 Å². The summed E-state index contributed by atoms with van der Waals surface area (Å²) in [5, 5.41) is 15.8. The zero-order valence-electron chi connectivity index (χ0n) is 13.5. The van der Waals surface area contributed by atoms with E-state index in [1.807, 2.05) is 0 Å². The van der Waals surface area contributed by atoms with E-state index in [0.717, 1.165) is 5.56 Å². The summed E-state index contributed by atoms with van der Waals surface area (Å²) in [6.07, 6.45) is 4.38. The Morgan fingerprint density at radius 3 is 2.70 bits per heavy atom. The highest BCUT2D eigenvalue weighted by molar-refractivity contribution is 5.88. The second kappa shape index (κ2) is 6.80. The van der Waals surface area contributed by atoms with E-state index in [1.165, 1.54) is 0 Å². The van der Waals surface area contributed by atoms with Gasteiger partial charge in [-0.25, -0.2) is 4.79 Å². The van der Waals surface area contributed by atoms with Gasteiger partial charge in [0.2, 0.25) is 11.8 Å². The molecule has 2 N–H and O–H groups in total. The third kappa shape index (κ3) is 3.52. The molecular formula is C15H22N4O4. The van der Waals surface area contributed by atoms with Crippen molar-refractivity contribution in [3.8, 4) is 0 Å². The van der Waals surface area contributed by atoms with Crippen molar-refractivity contribution in [1.29, 1.82) is 0 Å². The minimum absolute atomic E-state index is 0.0341. The highest BCUT2D eigenvalue weighted by Gasteiger charge is 2.40. The highest BCUT2D eigenvalue weighted by Crippen LogP contribution is 2.35. The SMILES string of the molecule is CC[C@H](NC(=O)[C@H]1CCC(=O)N(C)[C@H]1c1cnn(C)c1)C(=O)O. The molecule has 1 aliphatic rings. The number of aromatic nitrogens is 2. The summed E-state index contributed by atoms with van der Waals surface area (Å²) in [5.41, 5.74) is 0.770. The van der Waals surface area contributed by atoms with Gasteiger partial charge in [0, 0.05) is 32.3 Å². The van der Waals surface area contributed by atoms with Gasteiger partial charge in [0.25, 0.3) is 0 Å². The number of hydrogen-bond acceptors (Lipinski definition) is 4. The van der Waals surface area contributed by atoms with Crippen LogP contribution in [-0.4, -0.2) is 50.7 Å². The Morgan fingerprint density at radius 1 is 1.48 bits per heavy atom. The predicted octanol–water partition coefficient (Wildman–Crippen LogP) is 0.309. The predicted molar refractivity (Wildman–Crippen MR) is 81.3 cm³/mol. The van der Waals surface area contributed by atoms with Crippen molar-refractivity contribution in [2.75, 3.05) is 7.05 Å². The molecule has 0 saturated carbocycles. The van der Waals surface area contributed by atoms with Crippen LogP contribution in [0.15, 0.2) is 12.4 Å². The Balaban J connectivity index is 2.25. The molecule has 8 nitrogen and oxygen atoms in total. The molecule has 3 atom stereocenters. The zero-order chi connectivity index (χ0) is 17.1. The molecule has 1 fully saturated rings. The maximum Gasteiger partial charge on any atom is 0.326 e. The van der Waals surface area contributed by atoms with Crippen molar-refractivity contribution in [3.05, 3.63) is 18.0 Å². The van der Waals surface area contributed by atoms with E-state index in [-0.39, 0.29) is 18.2 Å². The first-order chi connectivity index (χ1) is 10.8. The largest absolute Gasteiger partial charge is 0.480 e. The summed E-state index contributed by atoms with van der Waals surface area (Å²) in [5.74, 6) is -1.92. The second-order valence-electron chi connectivity index (χ2n) is 5.85. The Morgan fingerprint density at radius 2 is 2.17 bits per heavy atom. The maximum atomic E-state index is 12.6. The van der Waals surface area contributed by atoms with Crippen molar-refractivity contribution in [3.63, 3.8) is 0 Å². The number of aliphatic carboxylic acids is 1. The number of hydrogen-bond donors (Lipinski definition) is 2. The molecule has 1 aromatic heterocycles. The van der Waals surface area contributed by atoms with Crippen LogP contribution < -0.4 is 5.32 Å². The number of amides is 2. The zero-order valence-corrected chi connectivity index (χ0v) is 13.5. The molecule has 0 radical (unpaired) electrons. The lowest BCUT2D eigenvalue weighted by Crippen LogP contribution is -2.49. The fourth-order valence-corrected chi connectivity index (χ4v) is 2.98. The number of piperidine rings is 1. The Kier molecular flexibility index (Phi) is 5.02. The molecule has 2 amide bonds. The van der Waals surface area contributed by atoms with E-state index in [4.69, 9.17) is 5.11 Å². The fourth-order valence-electron chi connectivity index (χ4n) is 2.98. The van der Waals surface area contributed by atoms with Crippen molar-refractivity contribution in [2.45, 2.75) is 38.3 Å². The first-order valence-electron chi connectivity index (χ1n) is 7.62. The van der Waals surface area contributed by atoms with Crippen LogP contribution in [0, 0.1) is 5.92 Å². The van der Waals surface area contributed by atoms with Crippen molar-refractivity contribution in [1.82, 2.24) is 20.0 Å². The highest BCUT2D eigenvalue weighted by atomic mass is 16.4. The summed E-state index contributed by atoms with van der Waals surface area (Å²) in [7, 11) is 3.43. The number of nitrogens with one attached hydrogen (secondary N) is 1. The van der Waals surface area contributed by atoms with Crippen LogP contribution in [0.1, 0.15) is 37.8 Å². The van der Waals surface area contributed by atoms with Crippen LogP contribution in [-0.2, 0) is 21.4 Å². The van der Waals surface area contributed by atoms with E-state index in [1.54, 1.807) is 43.0 Å². The van der Waals surface area contributed by atoms with Crippen LogP contribution in [0.3, 0.4) is 0 Å². The standard InChI is InChI=1S/C15H22N4O4/c1-4-11(15(22)23)17-14(21)10-5-6-12(20)19(3)13(10)9-7-16-18(2)8-9/h7-8,10-11,13H,4-6H2,1-3H3,(H,17,21)(H,22,23)/t10-,11-,13-/m0/s1. The first kappa shape index (κ1) is 17.0. The lowest BCUT2D eigenvalue weighted by Gasteiger charge is -2.38. The normalized spacial score (nSPS) is 22.7. The number of nitrogens with zero attached hydrogens (tertiary/aromatic N) is 3. The van der Waals surface area contributed by atoms with Gasteiger partial charge < -0.3 is 15.3 Å². The summed E-state index contributed by atoms with van der Waals surface area (Å²) in [6, 6.07) is -1.35. The Hall–Kier alpha value is -2.38. The van der Waals surface area contributed by atoms with E-state index in [0.29, 0.717) is 12.8 Å². The van der Waals surface area contributed by atoms with E-state index >= 15 is 0 Å². The molecule has 1 aliphatic heterocycles. The molecule has 2 rings (SSSR count). The third-order valence-electron chi connectivity index (χ3n) is 4.29. The number of carboxylic acid groups (broad SMARTS) is 1. The van der Waals surface area contributed by atoms with Crippen LogP contribution in [0.4, 0.5) is 0 Å². The van der Waals surface area contributed by atoms with Gasteiger partial charge in [-0.3, -0.25) is 14.3 Å². The molecule has 0 bridgehead atoms. The van der Waals surface area contributed by atoms with Gasteiger partial charge in [0.05, 0.1) is 18.2 Å². The molecule has 8 heteroatoms. The van der Waals surface area contributed by atoms with Gasteiger partial charge in [-0.2, -0.15) is 5.10 Å². The topological polar surface area (TPSA) is 105 Å². The van der Waals surface area contributed by atoms with Gasteiger partial charge in [-0.1, -0.05) is 6.92 Å². The Bertz CT molecular complexity index is 612. The second-order valence-corrected chi connectivity index (χ2v) is 5.85. The van der Waals surface area contributed by atoms with Crippen molar-refractivity contribution in [2.24, 2.45) is 13.0 Å². The lowest BCUT2D eigenvalue weighted by molar-refractivity contribution is -0.146. The average molecular weight is 322 g/mol. The van der Waals surface area contributed by atoms with Crippen molar-refractivity contribution >= 4 is 17.8 Å². The lowest BCUT2D eigenvalue weighted by atomic mass is 9.85. The fraction of sp³-hybridized carbons (Fsp3) is 0.600. The molecule has 0 aliphatic carbocycles. The quantitative estimate of drug-likeness (QED) is 0.812. The molecule has 23 heavy (non-hydrogen) atoms. The maximum absolute atomic E-state index is 12.6. The number of aryl methyl sites for hydroxylation is 1. The van der Waals surface area contributed by atoms with Gasteiger partial charge >= 0.3 is 5.97 Å². The van der Waals surface area contributed by atoms with Gasteiger partial charge in [0.1, 0.15) is 6.04 Å². The molecule has 0 aromatic carbocycles. The molecular weight excluding hydrogens is 300 g/mol. The van der Waals surface area contributed by atoms with Gasteiger partial charge in [0.15, 0.2) is 0 Å². The minimum atomic E-state index is -1.06. The number of carboxylic acids is 1. The van der Waals surface area contributed by atoms with Crippen molar-refractivity contribution < 1.29 is 19.5 Å². The van der Waals surface area contributed by atoms with Crippen LogP contribution in [0.25, 0.3) is 0 Å². The van der Waals surface area contributed by atoms with Gasteiger partial charge in [-0.15, -0.1) is 0 Å². The summed E-state index contributed by atoms with van der Waals surface area (Å²) in [4.78, 5) is 37.3. The number of rotatable bonds is 5. The monoisotopic (exact) mass is 322 g/mol. The molecule has 1 aromatic rings. The number of likely N-dealkylation sites (tertiary alicyclic amines) is 1. The number of carbonyl (C=O) groups is 3. The summed E-state index contributed by atoms with van der Waals surface area (Å²) < 4.78 is 1.61. The molecule has 2 heterocycles. The third-order valence-corrected chi connectivity index (χ3v) is 4.29. The summed E-state index contributed by atoms with van der Waals surface area (Å²) in [6.45, 7) is 1.70. The van der Waals surface area contributed by atoms with E-state index in [2.05, 4.69) is 10.4 Å². The molecule has 0 spiro atoms. The first-order valence-corrected chi connectivity index (χ1v) is 7.62. The van der Waals surface area contributed by atoms with E-state index in [9.17, 15) is 14.4 Å².